The summed E-state index contributed by atoms with van der Waals surface area (Å²) < 4.78 is 0. The molecule has 0 spiro atoms. The topological polar surface area (TPSA) is 66.9 Å². The molecule has 5 nitrogen and oxygen atoms in total. The molecule has 0 radical (unpaired) electrons. The van der Waals surface area contributed by atoms with Crippen molar-refractivity contribution in [3.05, 3.63) is 82.6 Å². The van der Waals surface area contributed by atoms with E-state index < -0.39 is 0 Å². The molecular weight excluding hydrogens is 360 g/mol. The largest absolute Gasteiger partial charge is 0.350 e. The molecule has 1 heterocycles. The number of nitrogens with zero attached hydrogens (tertiary/aromatic N) is 2. The Balaban J connectivity index is 1.63. The van der Waals surface area contributed by atoms with Crippen molar-refractivity contribution in [3.8, 4) is 0 Å². The summed E-state index contributed by atoms with van der Waals surface area (Å²) in [5.74, 6) is 0.550. The summed E-state index contributed by atoms with van der Waals surface area (Å²) in [4.78, 5) is 20.9. The van der Waals surface area contributed by atoms with Gasteiger partial charge in [0, 0.05) is 29.6 Å². The lowest BCUT2D eigenvalue weighted by Gasteiger charge is -2.13. The number of hydrogen-bond acceptors (Lipinski definition) is 4. The Morgan fingerprint density at radius 1 is 1.04 bits per heavy atom. The van der Waals surface area contributed by atoms with Crippen molar-refractivity contribution >= 4 is 29.1 Å². The van der Waals surface area contributed by atoms with E-state index in [-0.39, 0.29) is 5.91 Å². The van der Waals surface area contributed by atoms with Gasteiger partial charge in [0.1, 0.15) is 0 Å². The third-order valence-electron chi connectivity index (χ3n) is 4.11. The second-order valence-electron chi connectivity index (χ2n) is 6.47. The van der Waals surface area contributed by atoms with E-state index in [1.807, 2.05) is 48.5 Å². The van der Waals surface area contributed by atoms with Gasteiger partial charge in [0.2, 0.25) is 5.95 Å². The summed E-state index contributed by atoms with van der Waals surface area (Å²) >= 11 is 5.88. The van der Waals surface area contributed by atoms with E-state index in [0.717, 1.165) is 16.8 Å². The summed E-state index contributed by atoms with van der Waals surface area (Å²) in [7, 11) is 0. The Kier molecular flexibility index (Phi) is 6.04. The van der Waals surface area contributed by atoms with Crippen LogP contribution in [0.4, 0.5) is 11.6 Å². The van der Waals surface area contributed by atoms with Gasteiger partial charge in [-0.2, -0.15) is 0 Å². The molecule has 0 fully saturated rings. The zero-order valence-electron chi connectivity index (χ0n) is 15.2. The zero-order chi connectivity index (χ0) is 19.2. The monoisotopic (exact) mass is 380 g/mol. The maximum absolute atomic E-state index is 12.5. The van der Waals surface area contributed by atoms with Crippen LogP contribution in [0.2, 0.25) is 5.02 Å². The molecule has 1 aromatic heterocycles. The average Bonchev–Trinajstić information content (AvgIpc) is 2.68. The van der Waals surface area contributed by atoms with Gasteiger partial charge in [-0.3, -0.25) is 4.79 Å². The standard InChI is InChI=1S/C21H21ClN4O/c1-14(2)18-5-3-4-6-19(18)26-20(27)16-12-24-21(25-13-16)23-11-15-7-9-17(22)10-8-15/h3-10,12-14H,11H2,1-2H3,(H,26,27)(H,23,24,25). The normalized spacial score (nSPS) is 10.7. The molecule has 27 heavy (non-hydrogen) atoms. The number of benzene rings is 2. The molecule has 0 saturated carbocycles. The Labute approximate surface area is 163 Å². The molecule has 0 bridgehead atoms. The van der Waals surface area contributed by atoms with Crippen LogP contribution < -0.4 is 10.6 Å². The van der Waals surface area contributed by atoms with Crippen molar-refractivity contribution in [1.29, 1.82) is 0 Å². The van der Waals surface area contributed by atoms with Crippen molar-refractivity contribution in [2.45, 2.75) is 26.3 Å². The van der Waals surface area contributed by atoms with E-state index in [0.29, 0.717) is 29.0 Å². The van der Waals surface area contributed by atoms with E-state index in [2.05, 4.69) is 34.4 Å². The van der Waals surface area contributed by atoms with Gasteiger partial charge in [0.15, 0.2) is 0 Å². The molecule has 0 aliphatic carbocycles. The van der Waals surface area contributed by atoms with E-state index in [9.17, 15) is 4.79 Å². The van der Waals surface area contributed by atoms with Gasteiger partial charge < -0.3 is 10.6 Å². The van der Waals surface area contributed by atoms with Crippen LogP contribution in [0.1, 0.15) is 41.3 Å². The second kappa shape index (κ2) is 8.64. The average molecular weight is 381 g/mol. The summed E-state index contributed by atoms with van der Waals surface area (Å²) in [6, 6.07) is 15.3. The minimum Gasteiger partial charge on any atom is -0.350 e. The summed E-state index contributed by atoms with van der Waals surface area (Å²) in [5, 5.41) is 6.76. The number of carbonyl (C=O) groups is 1. The molecule has 0 aliphatic heterocycles. The maximum atomic E-state index is 12.5. The first-order valence-electron chi connectivity index (χ1n) is 8.73. The lowest BCUT2D eigenvalue weighted by atomic mass is 10.0. The number of aromatic nitrogens is 2. The van der Waals surface area contributed by atoms with Crippen LogP contribution in [-0.2, 0) is 6.54 Å². The van der Waals surface area contributed by atoms with Gasteiger partial charge in [-0.1, -0.05) is 55.8 Å². The van der Waals surface area contributed by atoms with Crippen LogP contribution in [0.5, 0.6) is 0 Å². The predicted octanol–water partition coefficient (Wildman–Crippen LogP) is 5.12. The number of halogens is 1. The van der Waals surface area contributed by atoms with Crippen molar-refractivity contribution in [2.75, 3.05) is 10.6 Å². The molecule has 138 valence electrons. The first kappa shape index (κ1) is 18.9. The molecule has 6 heteroatoms. The van der Waals surface area contributed by atoms with Crippen LogP contribution in [0.15, 0.2) is 60.9 Å². The molecule has 1 amide bonds. The smallest absolute Gasteiger partial charge is 0.258 e. The van der Waals surface area contributed by atoms with Gasteiger partial charge in [0.25, 0.3) is 5.91 Å². The third-order valence-corrected chi connectivity index (χ3v) is 4.36. The van der Waals surface area contributed by atoms with Crippen molar-refractivity contribution in [1.82, 2.24) is 9.97 Å². The second-order valence-corrected chi connectivity index (χ2v) is 6.91. The number of amides is 1. The Morgan fingerprint density at radius 2 is 1.70 bits per heavy atom. The molecular formula is C21H21ClN4O. The zero-order valence-corrected chi connectivity index (χ0v) is 16.0. The van der Waals surface area contributed by atoms with Crippen molar-refractivity contribution in [2.24, 2.45) is 0 Å². The third kappa shape index (κ3) is 5.05. The van der Waals surface area contributed by atoms with E-state index in [1.54, 1.807) is 0 Å². The molecule has 2 N–H and O–H groups in total. The highest BCUT2D eigenvalue weighted by Gasteiger charge is 2.11. The number of para-hydroxylation sites is 1. The summed E-state index contributed by atoms with van der Waals surface area (Å²) in [5.41, 5.74) is 3.37. The minimum absolute atomic E-state index is 0.229. The molecule has 0 atom stereocenters. The molecule has 0 unspecified atom stereocenters. The number of hydrogen-bond donors (Lipinski definition) is 2. The SMILES string of the molecule is CC(C)c1ccccc1NC(=O)c1cnc(NCc2ccc(Cl)cc2)nc1. The molecule has 0 saturated heterocycles. The van der Waals surface area contributed by atoms with Gasteiger partial charge in [0.05, 0.1) is 5.56 Å². The fraction of sp³-hybridized carbons (Fsp3) is 0.190. The molecule has 3 aromatic rings. The fourth-order valence-electron chi connectivity index (χ4n) is 2.63. The lowest BCUT2D eigenvalue weighted by molar-refractivity contribution is 0.102. The van der Waals surface area contributed by atoms with Gasteiger partial charge >= 0.3 is 0 Å². The number of carbonyl (C=O) groups excluding carboxylic acids is 1. The van der Waals surface area contributed by atoms with Crippen LogP contribution >= 0.6 is 11.6 Å². The first-order valence-corrected chi connectivity index (χ1v) is 9.11. The van der Waals surface area contributed by atoms with Gasteiger partial charge in [-0.15, -0.1) is 0 Å². The highest BCUT2D eigenvalue weighted by atomic mass is 35.5. The van der Waals surface area contributed by atoms with Crippen molar-refractivity contribution < 1.29 is 4.79 Å². The summed E-state index contributed by atoms with van der Waals surface area (Å²) in [6.07, 6.45) is 3.04. The van der Waals surface area contributed by atoms with Crippen LogP contribution in [0, 0.1) is 0 Å². The Bertz CT molecular complexity index is 908. The van der Waals surface area contributed by atoms with Crippen LogP contribution in [0.3, 0.4) is 0 Å². The lowest BCUT2D eigenvalue weighted by Crippen LogP contribution is -2.15. The fourth-order valence-corrected chi connectivity index (χ4v) is 2.75. The number of anilines is 2. The van der Waals surface area contributed by atoms with Crippen LogP contribution in [-0.4, -0.2) is 15.9 Å². The highest BCUT2D eigenvalue weighted by Crippen LogP contribution is 2.24. The maximum Gasteiger partial charge on any atom is 0.258 e. The number of nitrogens with one attached hydrogen (secondary N) is 2. The van der Waals surface area contributed by atoms with Gasteiger partial charge in [-0.25, -0.2) is 9.97 Å². The highest BCUT2D eigenvalue weighted by molar-refractivity contribution is 6.30. The minimum atomic E-state index is -0.229. The van der Waals surface area contributed by atoms with Crippen molar-refractivity contribution in [3.63, 3.8) is 0 Å². The van der Waals surface area contributed by atoms with E-state index in [4.69, 9.17) is 11.6 Å². The molecule has 3 rings (SSSR count). The quantitative estimate of drug-likeness (QED) is 0.623. The van der Waals surface area contributed by atoms with Gasteiger partial charge in [-0.05, 0) is 35.2 Å². The molecule has 2 aromatic carbocycles. The molecule has 0 aliphatic rings. The van der Waals surface area contributed by atoms with Crippen LogP contribution in [0.25, 0.3) is 0 Å². The van der Waals surface area contributed by atoms with E-state index in [1.165, 1.54) is 12.4 Å². The van der Waals surface area contributed by atoms with E-state index >= 15 is 0 Å². The predicted molar refractivity (Wildman–Crippen MR) is 109 cm³/mol. The number of rotatable bonds is 6. The summed E-state index contributed by atoms with van der Waals surface area (Å²) in [6.45, 7) is 4.76. The Hall–Kier alpha value is -2.92. The first-order chi connectivity index (χ1) is 13.0. The Morgan fingerprint density at radius 3 is 2.37 bits per heavy atom.